The predicted octanol–water partition coefficient (Wildman–Crippen LogP) is 4.23. The van der Waals surface area contributed by atoms with Crippen molar-refractivity contribution in [2.45, 2.75) is 19.8 Å². The zero-order chi connectivity index (χ0) is 15.7. The van der Waals surface area contributed by atoms with Gasteiger partial charge in [-0.3, -0.25) is 4.90 Å². The van der Waals surface area contributed by atoms with Crippen molar-refractivity contribution >= 4 is 17.9 Å². The second-order valence-electron chi connectivity index (χ2n) is 4.57. The Kier molecular flexibility index (Phi) is 7.09. The highest BCUT2D eigenvalue weighted by Crippen LogP contribution is 2.17. The van der Waals surface area contributed by atoms with Gasteiger partial charge in [-0.15, -0.1) is 0 Å². The molecule has 0 fully saturated rings. The molecule has 4 heteroatoms. The molecule has 0 aliphatic heterocycles. The molecule has 0 aliphatic carbocycles. The van der Waals surface area contributed by atoms with E-state index in [1.165, 1.54) is 4.90 Å². The zero-order valence-electron chi connectivity index (χ0n) is 13.0. The van der Waals surface area contributed by atoms with Gasteiger partial charge >= 0.3 is 6.09 Å². The summed E-state index contributed by atoms with van der Waals surface area (Å²) < 4.78 is 10.3. The van der Waals surface area contributed by atoms with Crippen LogP contribution in [0.5, 0.6) is 0 Å². The van der Waals surface area contributed by atoms with Crippen LogP contribution < -0.4 is 4.90 Å². The average Bonchev–Trinajstić information content (AvgIpc) is 2.52. The van der Waals surface area contributed by atoms with Gasteiger partial charge < -0.3 is 9.47 Å². The van der Waals surface area contributed by atoms with Crippen molar-refractivity contribution in [2.75, 3.05) is 25.7 Å². The summed E-state index contributed by atoms with van der Waals surface area (Å²) in [4.78, 5) is 13.3. The van der Waals surface area contributed by atoms with Crippen molar-refractivity contribution in [3.8, 4) is 0 Å². The second kappa shape index (κ2) is 8.84. The van der Waals surface area contributed by atoms with Crippen molar-refractivity contribution in [1.82, 2.24) is 0 Å². The van der Waals surface area contributed by atoms with Crippen LogP contribution in [0.15, 0.2) is 42.7 Å². The molecule has 114 valence electrons. The summed E-state index contributed by atoms with van der Waals surface area (Å²) in [5, 5.41) is 0. The molecule has 1 rings (SSSR count). The van der Waals surface area contributed by atoms with E-state index in [4.69, 9.17) is 9.47 Å². The van der Waals surface area contributed by atoms with E-state index in [2.05, 4.69) is 13.5 Å². The molecule has 0 aromatic heterocycles. The fourth-order valence-electron chi connectivity index (χ4n) is 1.67. The smallest absolute Gasteiger partial charge is 0.414 e. The minimum atomic E-state index is -0.338. The first kappa shape index (κ1) is 16.8. The van der Waals surface area contributed by atoms with Crippen molar-refractivity contribution in [1.29, 1.82) is 0 Å². The summed E-state index contributed by atoms with van der Waals surface area (Å²) in [7, 11) is 3.30. The Labute approximate surface area is 126 Å². The first-order chi connectivity index (χ1) is 10.1. The van der Waals surface area contributed by atoms with Gasteiger partial charge in [-0.1, -0.05) is 32.1 Å². The van der Waals surface area contributed by atoms with E-state index in [0.717, 1.165) is 24.1 Å². The summed E-state index contributed by atoms with van der Waals surface area (Å²) in [6, 6.07) is 7.55. The summed E-state index contributed by atoms with van der Waals surface area (Å²) in [5.74, 6) is 0.690. The van der Waals surface area contributed by atoms with Gasteiger partial charge in [-0.2, -0.15) is 0 Å². The number of nitrogens with zero attached hydrogens (tertiary/aromatic N) is 1. The molecule has 0 unspecified atom stereocenters. The molecule has 0 radical (unpaired) electrons. The third kappa shape index (κ3) is 5.34. The quantitative estimate of drug-likeness (QED) is 0.428. The molecular weight excluding hydrogens is 266 g/mol. The Balaban J connectivity index is 2.70. The minimum absolute atomic E-state index is 0.338. The Bertz CT molecular complexity index is 491. The molecule has 0 bridgehead atoms. The zero-order valence-corrected chi connectivity index (χ0v) is 13.0. The number of benzene rings is 1. The van der Waals surface area contributed by atoms with E-state index in [0.29, 0.717) is 12.4 Å². The molecular formula is C17H23NO3. The SMILES string of the molecule is C=CC(=Cc1ccc(N(C)C(=O)OCCCC)cc1)OC. The summed E-state index contributed by atoms with van der Waals surface area (Å²) in [5.41, 5.74) is 1.76. The van der Waals surface area contributed by atoms with Gasteiger partial charge in [0.15, 0.2) is 0 Å². The van der Waals surface area contributed by atoms with E-state index in [9.17, 15) is 4.79 Å². The lowest BCUT2D eigenvalue weighted by Gasteiger charge is -2.17. The van der Waals surface area contributed by atoms with E-state index in [-0.39, 0.29) is 6.09 Å². The Morgan fingerprint density at radius 3 is 2.52 bits per heavy atom. The topological polar surface area (TPSA) is 38.8 Å². The number of rotatable bonds is 7. The fraction of sp³-hybridized carbons (Fsp3) is 0.353. The van der Waals surface area contributed by atoms with Crippen LogP contribution in [0, 0.1) is 0 Å². The lowest BCUT2D eigenvalue weighted by molar-refractivity contribution is 0.153. The lowest BCUT2D eigenvalue weighted by atomic mass is 10.2. The molecule has 0 saturated carbocycles. The van der Waals surface area contributed by atoms with Crippen LogP contribution in [0.3, 0.4) is 0 Å². The molecule has 0 saturated heterocycles. The molecule has 0 spiro atoms. The number of unbranched alkanes of at least 4 members (excludes halogenated alkanes) is 1. The molecule has 1 amide bonds. The van der Waals surface area contributed by atoms with Crippen LogP contribution in [-0.4, -0.2) is 26.9 Å². The molecule has 0 atom stereocenters. The monoisotopic (exact) mass is 289 g/mol. The molecule has 0 N–H and O–H groups in total. The Hall–Kier alpha value is -2.23. The van der Waals surface area contributed by atoms with Crippen LogP contribution in [0.1, 0.15) is 25.3 Å². The maximum atomic E-state index is 11.8. The van der Waals surface area contributed by atoms with E-state index in [1.54, 1.807) is 20.2 Å². The lowest BCUT2D eigenvalue weighted by Crippen LogP contribution is -2.27. The average molecular weight is 289 g/mol. The molecule has 1 aromatic rings. The highest BCUT2D eigenvalue weighted by molar-refractivity contribution is 5.87. The number of allylic oxidation sites excluding steroid dienone is 1. The first-order valence-corrected chi connectivity index (χ1v) is 7.01. The number of carbonyl (C=O) groups is 1. The summed E-state index contributed by atoms with van der Waals surface area (Å²) in [6.07, 6.45) is 5.06. The number of amides is 1. The van der Waals surface area contributed by atoms with Gasteiger partial charge in [-0.05, 0) is 36.3 Å². The van der Waals surface area contributed by atoms with Crippen LogP contribution in [0.4, 0.5) is 10.5 Å². The maximum Gasteiger partial charge on any atom is 0.414 e. The van der Waals surface area contributed by atoms with E-state index >= 15 is 0 Å². The second-order valence-corrected chi connectivity index (χ2v) is 4.57. The van der Waals surface area contributed by atoms with Gasteiger partial charge in [0.05, 0.1) is 13.7 Å². The van der Waals surface area contributed by atoms with Crippen molar-refractivity contribution in [2.24, 2.45) is 0 Å². The Morgan fingerprint density at radius 1 is 1.33 bits per heavy atom. The largest absolute Gasteiger partial charge is 0.497 e. The van der Waals surface area contributed by atoms with Crippen LogP contribution in [0.25, 0.3) is 6.08 Å². The standard InChI is InChI=1S/C17H23NO3/c1-5-7-12-21-17(19)18(3)15-10-8-14(9-11-15)13-16(6-2)20-4/h6,8-11,13H,2,5,7,12H2,1,3-4H3. The van der Waals surface area contributed by atoms with Crippen molar-refractivity contribution < 1.29 is 14.3 Å². The van der Waals surface area contributed by atoms with Gasteiger partial charge in [0.2, 0.25) is 0 Å². The van der Waals surface area contributed by atoms with Crippen molar-refractivity contribution in [3.05, 3.63) is 48.2 Å². The molecule has 4 nitrogen and oxygen atoms in total. The molecule has 1 aromatic carbocycles. The van der Waals surface area contributed by atoms with E-state index in [1.807, 2.05) is 30.3 Å². The minimum Gasteiger partial charge on any atom is -0.497 e. The molecule has 0 heterocycles. The number of hydrogen-bond acceptors (Lipinski definition) is 3. The highest BCUT2D eigenvalue weighted by Gasteiger charge is 2.11. The first-order valence-electron chi connectivity index (χ1n) is 7.01. The number of carbonyl (C=O) groups excluding carboxylic acids is 1. The Morgan fingerprint density at radius 2 is 2.00 bits per heavy atom. The number of ether oxygens (including phenoxy) is 2. The molecule has 21 heavy (non-hydrogen) atoms. The number of anilines is 1. The van der Waals surface area contributed by atoms with Gasteiger partial charge in [-0.25, -0.2) is 4.79 Å². The number of methoxy groups -OCH3 is 1. The number of hydrogen-bond donors (Lipinski definition) is 0. The third-order valence-corrected chi connectivity index (χ3v) is 3.02. The van der Waals surface area contributed by atoms with Crippen LogP contribution in [0.2, 0.25) is 0 Å². The van der Waals surface area contributed by atoms with Gasteiger partial charge in [0, 0.05) is 12.7 Å². The fourth-order valence-corrected chi connectivity index (χ4v) is 1.67. The van der Waals surface area contributed by atoms with Crippen molar-refractivity contribution in [3.63, 3.8) is 0 Å². The normalized spacial score (nSPS) is 10.9. The highest BCUT2D eigenvalue weighted by atomic mass is 16.6. The summed E-state index contributed by atoms with van der Waals surface area (Å²) >= 11 is 0. The van der Waals surface area contributed by atoms with Gasteiger partial charge in [0.25, 0.3) is 0 Å². The van der Waals surface area contributed by atoms with Crippen LogP contribution in [-0.2, 0) is 9.47 Å². The van der Waals surface area contributed by atoms with Crippen LogP contribution >= 0.6 is 0 Å². The third-order valence-electron chi connectivity index (χ3n) is 3.02. The predicted molar refractivity (Wildman–Crippen MR) is 86.3 cm³/mol. The maximum absolute atomic E-state index is 11.8. The molecule has 0 aliphatic rings. The van der Waals surface area contributed by atoms with E-state index < -0.39 is 0 Å². The van der Waals surface area contributed by atoms with Gasteiger partial charge in [0.1, 0.15) is 5.76 Å². The summed E-state index contributed by atoms with van der Waals surface area (Å²) in [6.45, 7) is 6.18.